The second-order valence-corrected chi connectivity index (χ2v) is 5.80. The van der Waals surface area contributed by atoms with E-state index in [1.54, 1.807) is 13.3 Å². The number of carbonyl (C=O) groups excluding carboxylic acids is 1. The molecular formula is C17H17N5O2. The minimum Gasteiger partial charge on any atom is -0.448 e. The molecule has 0 unspecified atom stereocenters. The van der Waals surface area contributed by atoms with E-state index in [9.17, 15) is 4.79 Å². The summed E-state index contributed by atoms with van der Waals surface area (Å²) in [6, 6.07) is 6.16. The summed E-state index contributed by atoms with van der Waals surface area (Å²) >= 11 is 0. The van der Waals surface area contributed by atoms with Crippen LogP contribution in [0.15, 0.2) is 41.4 Å². The highest BCUT2D eigenvalue weighted by Crippen LogP contribution is 2.22. The van der Waals surface area contributed by atoms with Gasteiger partial charge in [0, 0.05) is 50.4 Å². The zero-order valence-electron chi connectivity index (χ0n) is 13.3. The highest BCUT2D eigenvalue weighted by molar-refractivity contribution is 5.92. The minimum absolute atomic E-state index is 0.0709. The lowest BCUT2D eigenvalue weighted by molar-refractivity contribution is 0.0741. The zero-order valence-corrected chi connectivity index (χ0v) is 13.3. The standard InChI is InChI=1S/C17H17N5O2/c1-12-20-16(10-24-12)17(23)22-6-4-21(5-7-22)14-2-3-15-13(8-14)9-18-11-19-15/h2-3,8-11H,4-7H2,1H3. The van der Waals surface area contributed by atoms with Gasteiger partial charge in [-0.05, 0) is 18.2 Å². The normalized spacial score (nSPS) is 15.0. The number of piperazine rings is 1. The van der Waals surface area contributed by atoms with Crippen LogP contribution in [-0.2, 0) is 0 Å². The Bertz CT molecular complexity index is 883. The molecule has 7 nitrogen and oxygen atoms in total. The molecule has 2 aromatic heterocycles. The number of carbonyl (C=O) groups is 1. The predicted octanol–water partition coefficient (Wildman–Crippen LogP) is 1.89. The van der Waals surface area contributed by atoms with E-state index >= 15 is 0 Å². The Labute approximate surface area is 138 Å². The van der Waals surface area contributed by atoms with Crippen LogP contribution >= 0.6 is 0 Å². The summed E-state index contributed by atoms with van der Waals surface area (Å²) in [7, 11) is 0. The predicted molar refractivity (Wildman–Crippen MR) is 88.9 cm³/mol. The van der Waals surface area contributed by atoms with E-state index in [-0.39, 0.29) is 5.91 Å². The van der Waals surface area contributed by atoms with Crippen molar-refractivity contribution in [3.63, 3.8) is 0 Å². The summed E-state index contributed by atoms with van der Waals surface area (Å²) in [5.74, 6) is 0.439. The molecular weight excluding hydrogens is 306 g/mol. The van der Waals surface area contributed by atoms with Crippen molar-refractivity contribution in [1.29, 1.82) is 0 Å². The summed E-state index contributed by atoms with van der Waals surface area (Å²) in [6.07, 6.45) is 4.80. The van der Waals surface area contributed by atoms with Crippen molar-refractivity contribution in [1.82, 2.24) is 19.9 Å². The van der Waals surface area contributed by atoms with Crippen LogP contribution in [0, 0.1) is 6.92 Å². The molecule has 0 N–H and O–H groups in total. The van der Waals surface area contributed by atoms with Gasteiger partial charge < -0.3 is 14.2 Å². The summed E-state index contributed by atoms with van der Waals surface area (Å²) in [4.78, 5) is 28.9. The average molecular weight is 323 g/mol. The third kappa shape index (κ3) is 2.68. The maximum Gasteiger partial charge on any atom is 0.275 e. The number of oxazole rings is 1. The van der Waals surface area contributed by atoms with E-state index in [2.05, 4.69) is 32.0 Å². The van der Waals surface area contributed by atoms with Crippen LogP contribution in [0.5, 0.6) is 0 Å². The number of hydrogen-bond donors (Lipinski definition) is 0. The average Bonchev–Trinajstić information content (AvgIpc) is 3.07. The van der Waals surface area contributed by atoms with E-state index < -0.39 is 0 Å². The highest BCUT2D eigenvalue weighted by atomic mass is 16.3. The van der Waals surface area contributed by atoms with Gasteiger partial charge in [-0.1, -0.05) is 0 Å². The number of nitrogens with zero attached hydrogens (tertiary/aromatic N) is 5. The van der Waals surface area contributed by atoms with E-state index in [1.807, 2.05) is 17.2 Å². The fraction of sp³-hybridized carbons (Fsp3) is 0.294. The molecule has 1 fully saturated rings. The lowest BCUT2D eigenvalue weighted by atomic mass is 10.2. The van der Waals surface area contributed by atoms with Gasteiger partial charge in [-0.3, -0.25) is 4.79 Å². The van der Waals surface area contributed by atoms with Crippen molar-refractivity contribution in [2.45, 2.75) is 6.92 Å². The summed E-state index contributed by atoms with van der Waals surface area (Å²) in [6.45, 7) is 4.61. The van der Waals surface area contributed by atoms with Crippen LogP contribution in [0.2, 0.25) is 0 Å². The Balaban J connectivity index is 1.46. The third-order valence-corrected chi connectivity index (χ3v) is 4.26. The molecule has 1 aliphatic rings. The Hall–Kier alpha value is -2.96. The molecule has 1 saturated heterocycles. The van der Waals surface area contributed by atoms with Gasteiger partial charge in [0.05, 0.1) is 5.52 Å². The first kappa shape index (κ1) is 14.6. The van der Waals surface area contributed by atoms with Crippen molar-refractivity contribution in [2.75, 3.05) is 31.1 Å². The quantitative estimate of drug-likeness (QED) is 0.717. The first-order chi connectivity index (χ1) is 11.7. The van der Waals surface area contributed by atoms with Gasteiger partial charge in [0.15, 0.2) is 11.6 Å². The first-order valence-corrected chi connectivity index (χ1v) is 7.87. The van der Waals surface area contributed by atoms with Gasteiger partial charge in [-0.15, -0.1) is 0 Å². The Morgan fingerprint density at radius 3 is 2.79 bits per heavy atom. The smallest absolute Gasteiger partial charge is 0.275 e. The number of anilines is 1. The Morgan fingerprint density at radius 2 is 2.04 bits per heavy atom. The minimum atomic E-state index is -0.0709. The van der Waals surface area contributed by atoms with Crippen molar-refractivity contribution in [3.8, 4) is 0 Å². The maximum atomic E-state index is 12.4. The van der Waals surface area contributed by atoms with Crippen molar-refractivity contribution >= 4 is 22.5 Å². The fourth-order valence-electron chi connectivity index (χ4n) is 2.96. The van der Waals surface area contributed by atoms with Gasteiger partial charge >= 0.3 is 0 Å². The molecule has 1 aromatic carbocycles. The van der Waals surface area contributed by atoms with Crippen LogP contribution in [0.25, 0.3) is 10.9 Å². The number of fused-ring (bicyclic) bond motifs is 1. The van der Waals surface area contributed by atoms with Gasteiger partial charge in [0.25, 0.3) is 5.91 Å². The van der Waals surface area contributed by atoms with E-state index in [1.165, 1.54) is 6.26 Å². The molecule has 122 valence electrons. The molecule has 3 heterocycles. The molecule has 1 aliphatic heterocycles. The molecule has 0 spiro atoms. The van der Waals surface area contributed by atoms with Crippen molar-refractivity contribution < 1.29 is 9.21 Å². The fourth-order valence-corrected chi connectivity index (χ4v) is 2.96. The lowest BCUT2D eigenvalue weighted by Gasteiger charge is -2.35. The lowest BCUT2D eigenvalue weighted by Crippen LogP contribution is -2.48. The number of amides is 1. The number of hydrogen-bond acceptors (Lipinski definition) is 6. The topological polar surface area (TPSA) is 75.4 Å². The van der Waals surface area contributed by atoms with Crippen LogP contribution in [0.1, 0.15) is 16.4 Å². The number of aromatic nitrogens is 3. The molecule has 4 rings (SSSR count). The van der Waals surface area contributed by atoms with E-state index in [0.717, 1.165) is 29.7 Å². The molecule has 24 heavy (non-hydrogen) atoms. The monoisotopic (exact) mass is 323 g/mol. The maximum absolute atomic E-state index is 12.4. The van der Waals surface area contributed by atoms with Gasteiger partial charge in [0.1, 0.15) is 12.6 Å². The van der Waals surface area contributed by atoms with Gasteiger partial charge in [-0.2, -0.15) is 0 Å². The van der Waals surface area contributed by atoms with E-state index in [4.69, 9.17) is 4.42 Å². The first-order valence-electron chi connectivity index (χ1n) is 7.87. The Kier molecular flexibility index (Phi) is 3.60. The second kappa shape index (κ2) is 5.92. The summed E-state index contributed by atoms with van der Waals surface area (Å²) in [5.41, 5.74) is 2.44. The molecule has 0 saturated carbocycles. The molecule has 0 aliphatic carbocycles. The second-order valence-electron chi connectivity index (χ2n) is 5.80. The summed E-state index contributed by atoms with van der Waals surface area (Å²) < 4.78 is 5.13. The highest BCUT2D eigenvalue weighted by Gasteiger charge is 2.24. The van der Waals surface area contributed by atoms with Gasteiger partial charge in [0.2, 0.25) is 0 Å². The number of rotatable bonds is 2. The molecule has 0 radical (unpaired) electrons. The summed E-state index contributed by atoms with van der Waals surface area (Å²) in [5, 5.41) is 1.02. The van der Waals surface area contributed by atoms with Crippen LogP contribution in [-0.4, -0.2) is 51.9 Å². The molecule has 7 heteroatoms. The molecule has 0 atom stereocenters. The number of benzene rings is 1. The largest absolute Gasteiger partial charge is 0.448 e. The Morgan fingerprint density at radius 1 is 1.21 bits per heavy atom. The third-order valence-electron chi connectivity index (χ3n) is 4.26. The van der Waals surface area contributed by atoms with Crippen LogP contribution in [0.3, 0.4) is 0 Å². The van der Waals surface area contributed by atoms with E-state index in [0.29, 0.717) is 24.7 Å². The van der Waals surface area contributed by atoms with Crippen molar-refractivity contribution in [2.24, 2.45) is 0 Å². The molecule has 3 aromatic rings. The molecule has 0 bridgehead atoms. The van der Waals surface area contributed by atoms with Crippen LogP contribution in [0.4, 0.5) is 5.69 Å². The molecule has 1 amide bonds. The van der Waals surface area contributed by atoms with Crippen LogP contribution < -0.4 is 4.90 Å². The SMILES string of the molecule is Cc1nc(C(=O)N2CCN(c3ccc4ncncc4c3)CC2)co1. The van der Waals surface area contributed by atoms with Crippen molar-refractivity contribution in [3.05, 3.63) is 48.6 Å². The number of aryl methyl sites for hydroxylation is 1. The zero-order chi connectivity index (χ0) is 16.5. The van der Waals surface area contributed by atoms with Gasteiger partial charge in [-0.25, -0.2) is 15.0 Å².